The highest BCUT2D eigenvalue weighted by Gasteiger charge is 2.28. The molecule has 165 valence electrons. The Morgan fingerprint density at radius 2 is 1.45 bits per heavy atom. The number of hydrogen-bond acceptors (Lipinski definition) is 7. The summed E-state index contributed by atoms with van der Waals surface area (Å²) in [5.41, 5.74) is 0. The molecule has 4 unspecified atom stereocenters. The molecule has 0 bridgehead atoms. The first-order chi connectivity index (χ1) is 13.8. The maximum absolute atomic E-state index is 11.2. The van der Waals surface area contributed by atoms with Crippen LogP contribution in [0.1, 0.15) is 71.1 Å². The Hall–Kier alpha value is -2.13. The summed E-state index contributed by atoms with van der Waals surface area (Å²) >= 11 is 0. The Kier molecular flexibility index (Phi) is 15.6. The van der Waals surface area contributed by atoms with E-state index in [1.807, 2.05) is 6.29 Å². The average molecular weight is 413 g/mol. The maximum Gasteiger partial charge on any atom is 0.241 e. The second-order valence-corrected chi connectivity index (χ2v) is 7.00. The Morgan fingerprint density at radius 1 is 0.862 bits per heavy atom. The fourth-order valence-corrected chi connectivity index (χ4v) is 2.90. The second kappa shape index (κ2) is 16.8. The maximum atomic E-state index is 11.2. The van der Waals surface area contributed by atoms with Gasteiger partial charge in [-0.3, -0.25) is 25.0 Å². The van der Waals surface area contributed by atoms with Gasteiger partial charge in [0, 0.05) is 29.1 Å². The van der Waals surface area contributed by atoms with E-state index in [0.29, 0.717) is 25.7 Å². The van der Waals surface area contributed by atoms with E-state index in [1.54, 1.807) is 31.2 Å². The average Bonchev–Trinajstić information content (AvgIpc) is 2.68. The highest BCUT2D eigenvalue weighted by molar-refractivity contribution is 5.50. The quantitative estimate of drug-likeness (QED) is 0.152. The molecule has 0 saturated carbocycles. The summed E-state index contributed by atoms with van der Waals surface area (Å²) in [6, 6.07) is -2.05. The van der Waals surface area contributed by atoms with Crippen molar-refractivity contribution in [2.24, 2.45) is 0 Å². The highest BCUT2D eigenvalue weighted by atomic mass is 16.6. The monoisotopic (exact) mass is 413 g/mol. The summed E-state index contributed by atoms with van der Waals surface area (Å²) in [7, 11) is 0. The number of aliphatic hydroxyl groups is 2. The summed E-state index contributed by atoms with van der Waals surface area (Å²) in [4.78, 5) is 31.2. The molecular formula is C20H33N2O7. The molecule has 9 heteroatoms. The molecule has 0 aromatic rings. The molecule has 0 aliphatic heterocycles. The number of nitrogens with zero attached hydrogens (tertiary/aromatic N) is 2. The van der Waals surface area contributed by atoms with Gasteiger partial charge in [-0.1, -0.05) is 44.1 Å². The third-order valence-electron chi connectivity index (χ3n) is 4.74. The Bertz CT molecular complexity index is 537. The van der Waals surface area contributed by atoms with Gasteiger partial charge in [0.2, 0.25) is 12.1 Å². The van der Waals surface area contributed by atoms with Crippen molar-refractivity contribution in [2.45, 2.75) is 95.4 Å². The summed E-state index contributed by atoms with van der Waals surface area (Å²) < 4.78 is 0. The lowest BCUT2D eigenvalue weighted by molar-refractivity contribution is -0.535. The normalized spacial score (nSPS) is 16.0. The van der Waals surface area contributed by atoms with E-state index in [1.165, 1.54) is 0 Å². The molecule has 2 N–H and O–H groups in total. The smallest absolute Gasteiger partial charge is 0.241 e. The minimum atomic E-state index is -1.08. The molecule has 0 aromatic carbocycles. The Morgan fingerprint density at radius 3 is 2.00 bits per heavy atom. The van der Waals surface area contributed by atoms with Gasteiger partial charge in [0.1, 0.15) is 12.2 Å². The third-order valence-corrected chi connectivity index (χ3v) is 4.74. The lowest BCUT2D eigenvalue weighted by atomic mass is 10.0. The second-order valence-electron chi connectivity index (χ2n) is 7.00. The molecule has 0 aromatic heterocycles. The van der Waals surface area contributed by atoms with Crippen molar-refractivity contribution in [1.29, 1.82) is 0 Å². The van der Waals surface area contributed by atoms with E-state index in [0.717, 1.165) is 19.3 Å². The molecule has 29 heavy (non-hydrogen) atoms. The van der Waals surface area contributed by atoms with Crippen molar-refractivity contribution >= 4 is 6.29 Å². The number of allylic oxidation sites excluding steroid dienone is 2. The van der Waals surface area contributed by atoms with Gasteiger partial charge in [-0.15, -0.1) is 0 Å². The van der Waals surface area contributed by atoms with Crippen LogP contribution in [0.15, 0.2) is 24.3 Å². The van der Waals surface area contributed by atoms with Crippen LogP contribution in [0.2, 0.25) is 0 Å². The van der Waals surface area contributed by atoms with E-state index in [2.05, 4.69) is 0 Å². The zero-order valence-electron chi connectivity index (χ0n) is 17.0. The van der Waals surface area contributed by atoms with Gasteiger partial charge in [0.15, 0.2) is 6.29 Å². The van der Waals surface area contributed by atoms with Crippen LogP contribution in [0, 0.1) is 20.2 Å². The van der Waals surface area contributed by atoms with Crippen LogP contribution in [0.3, 0.4) is 0 Å². The minimum Gasteiger partial charge on any atom is -0.386 e. The van der Waals surface area contributed by atoms with Crippen molar-refractivity contribution in [2.75, 3.05) is 0 Å². The van der Waals surface area contributed by atoms with E-state index in [-0.39, 0.29) is 19.3 Å². The number of hydrogen-bond donors (Lipinski definition) is 2. The fourth-order valence-electron chi connectivity index (χ4n) is 2.90. The molecule has 0 heterocycles. The molecule has 0 rings (SSSR count). The molecule has 0 amide bonds. The predicted molar refractivity (Wildman–Crippen MR) is 109 cm³/mol. The molecule has 4 atom stereocenters. The fraction of sp³-hybridized carbons (Fsp3) is 0.750. The molecular weight excluding hydrogens is 380 g/mol. The van der Waals surface area contributed by atoms with E-state index in [4.69, 9.17) is 0 Å². The SMILES string of the molecule is CCC(O)C(C/C=C\C/C=C\CC(O)C(CCCCCC[C]=O)[N+](=O)[O-])[N+](=O)[O-]. The topological polar surface area (TPSA) is 144 Å². The molecule has 1 radical (unpaired) electrons. The van der Waals surface area contributed by atoms with Gasteiger partial charge in [0.05, 0.1) is 0 Å². The highest BCUT2D eigenvalue weighted by Crippen LogP contribution is 2.14. The van der Waals surface area contributed by atoms with Crippen molar-refractivity contribution in [3.63, 3.8) is 0 Å². The Balaban J connectivity index is 4.24. The van der Waals surface area contributed by atoms with Crippen molar-refractivity contribution in [3.05, 3.63) is 44.5 Å². The van der Waals surface area contributed by atoms with Gasteiger partial charge in [-0.25, -0.2) is 0 Å². The standard InChI is InChI=1S/C20H33N2O7/c1-2-19(24)17(21(26)27)13-9-5-3-7-11-15-20(25)18(22(28)29)14-10-6-4-8-12-16-23/h5,7,9,11,17-20,24-25H,2-4,6,8,10,12-15H2,1H3/b9-5-,11-7-. The third kappa shape index (κ3) is 12.8. The van der Waals surface area contributed by atoms with Crippen molar-refractivity contribution in [1.82, 2.24) is 0 Å². The van der Waals surface area contributed by atoms with Crippen LogP contribution in [-0.4, -0.2) is 50.6 Å². The zero-order chi connectivity index (χ0) is 22.1. The van der Waals surface area contributed by atoms with Crippen LogP contribution < -0.4 is 0 Å². The van der Waals surface area contributed by atoms with Crippen LogP contribution in [-0.2, 0) is 4.79 Å². The van der Waals surface area contributed by atoms with Gasteiger partial charge in [0.25, 0.3) is 0 Å². The van der Waals surface area contributed by atoms with Gasteiger partial charge in [-0.2, -0.15) is 0 Å². The molecule has 0 aliphatic rings. The first kappa shape index (κ1) is 26.9. The van der Waals surface area contributed by atoms with Crippen molar-refractivity contribution < 1.29 is 24.9 Å². The predicted octanol–water partition coefficient (Wildman–Crippen LogP) is 3.14. The molecule has 0 aliphatic carbocycles. The lowest BCUT2D eigenvalue weighted by Gasteiger charge is -2.14. The summed E-state index contributed by atoms with van der Waals surface area (Å²) in [5, 5.41) is 41.8. The van der Waals surface area contributed by atoms with Crippen molar-refractivity contribution in [3.8, 4) is 0 Å². The van der Waals surface area contributed by atoms with Gasteiger partial charge < -0.3 is 10.2 Å². The van der Waals surface area contributed by atoms with E-state index >= 15 is 0 Å². The largest absolute Gasteiger partial charge is 0.386 e. The first-order valence-electron chi connectivity index (χ1n) is 10.1. The number of carbonyl (C=O) groups excluding carboxylic acids is 1. The number of aliphatic hydroxyl groups excluding tert-OH is 2. The molecule has 0 fully saturated rings. The number of nitro groups is 2. The van der Waals surface area contributed by atoms with E-state index in [9.17, 15) is 35.2 Å². The number of rotatable bonds is 18. The zero-order valence-corrected chi connectivity index (χ0v) is 17.0. The van der Waals surface area contributed by atoms with Gasteiger partial charge in [-0.05, 0) is 32.1 Å². The molecule has 9 nitrogen and oxygen atoms in total. The molecule has 0 saturated heterocycles. The van der Waals surface area contributed by atoms with E-state index < -0.39 is 34.1 Å². The molecule has 0 spiro atoms. The first-order valence-corrected chi connectivity index (χ1v) is 10.1. The summed E-state index contributed by atoms with van der Waals surface area (Å²) in [6.07, 6.45) is 11.2. The van der Waals surface area contributed by atoms with Crippen LogP contribution in [0.4, 0.5) is 0 Å². The van der Waals surface area contributed by atoms with Crippen LogP contribution >= 0.6 is 0 Å². The number of unbranched alkanes of at least 4 members (excludes halogenated alkanes) is 4. The lowest BCUT2D eigenvalue weighted by Crippen LogP contribution is -2.33. The van der Waals surface area contributed by atoms with Crippen LogP contribution in [0.25, 0.3) is 0 Å². The van der Waals surface area contributed by atoms with Gasteiger partial charge >= 0.3 is 0 Å². The minimum absolute atomic E-state index is 0.132. The van der Waals surface area contributed by atoms with Crippen LogP contribution in [0.5, 0.6) is 0 Å². The summed E-state index contributed by atoms with van der Waals surface area (Å²) in [5.74, 6) is 0. The summed E-state index contributed by atoms with van der Waals surface area (Å²) in [6.45, 7) is 1.68. The Labute approximate surface area is 171 Å².